The number of aryl methyl sites for hydroxylation is 2. The molecule has 100 valence electrons. The van der Waals surface area contributed by atoms with Gasteiger partial charge in [0.05, 0.1) is 0 Å². The van der Waals surface area contributed by atoms with Gasteiger partial charge in [0.25, 0.3) is 0 Å². The van der Waals surface area contributed by atoms with Crippen LogP contribution in [-0.4, -0.2) is 35.6 Å². The van der Waals surface area contributed by atoms with Crippen molar-refractivity contribution in [3.8, 4) is 0 Å². The summed E-state index contributed by atoms with van der Waals surface area (Å²) in [6, 6.07) is 2.69. The van der Waals surface area contributed by atoms with Crippen molar-refractivity contribution in [2.75, 3.05) is 24.5 Å². The topological polar surface area (TPSA) is 41.0 Å². The molecule has 0 amide bonds. The molecule has 0 saturated carbocycles. The molecule has 0 radical (unpaired) electrons. The SMILES string of the molecule is CCN(CC1CCCCN1)c1cc(C)nc(C)n1. The fourth-order valence-corrected chi connectivity index (χ4v) is 2.59. The summed E-state index contributed by atoms with van der Waals surface area (Å²) in [5, 5.41) is 3.60. The first-order valence-corrected chi connectivity index (χ1v) is 6.99. The molecule has 18 heavy (non-hydrogen) atoms. The molecule has 1 atom stereocenters. The van der Waals surface area contributed by atoms with Gasteiger partial charge in [-0.3, -0.25) is 0 Å². The van der Waals surface area contributed by atoms with Crippen molar-refractivity contribution in [1.29, 1.82) is 0 Å². The number of aromatic nitrogens is 2. The van der Waals surface area contributed by atoms with Crippen molar-refractivity contribution in [3.63, 3.8) is 0 Å². The third-order valence-corrected chi connectivity index (χ3v) is 3.51. The first-order chi connectivity index (χ1) is 8.69. The van der Waals surface area contributed by atoms with Gasteiger partial charge in [0.2, 0.25) is 0 Å². The molecule has 2 rings (SSSR count). The molecule has 2 heterocycles. The summed E-state index contributed by atoms with van der Waals surface area (Å²) in [5.41, 5.74) is 1.05. The van der Waals surface area contributed by atoms with Crippen LogP contribution in [0.3, 0.4) is 0 Å². The number of nitrogens with one attached hydrogen (secondary N) is 1. The van der Waals surface area contributed by atoms with E-state index in [-0.39, 0.29) is 0 Å². The minimum atomic E-state index is 0.606. The van der Waals surface area contributed by atoms with Gasteiger partial charge in [0.15, 0.2) is 0 Å². The van der Waals surface area contributed by atoms with E-state index in [1.54, 1.807) is 0 Å². The van der Waals surface area contributed by atoms with E-state index >= 15 is 0 Å². The lowest BCUT2D eigenvalue weighted by Crippen LogP contribution is -2.44. The number of hydrogen-bond acceptors (Lipinski definition) is 4. The van der Waals surface area contributed by atoms with Gasteiger partial charge in [-0.15, -0.1) is 0 Å². The zero-order valence-corrected chi connectivity index (χ0v) is 11.7. The van der Waals surface area contributed by atoms with Crippen LogP contribution in [0.4, 0.5) is 5.82 Å². The lowest BCUT2D eigenvalue weighted by molar-refractivity contribution is 0.399. The Morgan fingerprint density at radius 1 is 1.33 bits per heavy atom. The number of rotatable bonds is 4. The number of piperidine rings is 1. The van der Waals surface area contributed by atoms with Gasteiger partial charge < -0.3 is 10.2 Å². The molecule has 1 aromatic rings. The van der Waals surface area contributed by atoms with Gasteiger partial charge in [-0.2, -0.15) is 0 Å². The standard InChI is InChI=1S/C14H24N4/c1-4-18(10-13-7-5-6-8-15-13)14-9-11(2)16-12(3)17-14/h9,13,15H,4-8,10H2,1-3H3. The van der Waals surface area contributed by atoms with E-state index < -0.39 is 0 Å². The molecule has 4 heteroatoms. The second-order valence-corrected chi connectivity index (χ2v) is 5.10. The minimum Gasteiger partial charge on any atom is -0.355 e. The average molecular weight is 248 g/mol. The molecule has 1 aromatic heterocycles. The van der Waals surface area contributed by atoms with Crippen LogP contribution in [-0.2, 0) is 0 Å². The van der Waals surface area contributed by atoms with Crippen LogP contribution < -0.4 is 10.2 Å². The number of anilines is 1. The monoisotopic (exact) mass is 248 g/mol. The van der Waals surface area contributed by atoms with E-state index in [2.05, 4.69) is 33.2 Å². The highest BCUT2D eigenvalue weighted by Crippen LogP contribution is 2.15. The summed E-state index contributed by atoms with van der Waals surface area (Å²) in [5.74, 6) is 1.93. The zero-order chi connectivity index (χ0) is 13.0. The molecule has 1 saturated heterocycles. The van der Waals surface area contributed by atoms with Crippen molar-refractivity contribution >= 4 is 5.82 Å². The fourth-order valence-electron chi connectivity index (χ4n) is 2.59. The lowest BCUT2D eigenvalue weighted by Gasteiger charge is -2.30. The van der Waals surface area contributed by atoms with Gasteiger partial charge in [-0.05, 0) is 40.2 Å². The van der Waals surface area contributed by atoms with Gasteiger partial charge in [0, 0.05) is 30.9 Å². The zero-order valence-electron chi connectivity index (χ0n) is 11.7. The van der Waals surface area contributed by atoms with Crippen LogP contribution in [0.25, 0.3) is 0 Å². The van der Waals surface area contributed by atoms with E-state index in [1.165, 1.54) is 19.3 Å². The maximum absolute atomic E-state index is 4.56. The highest BCUT2D eigenvalue weighted by molar-refractivity contribution is 5.39. The maximum atomic E-state index is 4.56. The van der Waals surface area contributed by atoms with Crippen LogP contribution in [0, 0.1) is 13.8 Å². The smallest absolute Gasteiger partial charge is 0.132 e. The maximum Gasteiger partial charge on any atom is 0.132 e. The summed E-state index contributed by atoms with van der Waals surface area (Å²) in [7, 11) is 0. The van der Waals surface area contributed by atoms with E-state index in [1.807, 2.05) is 13.8 Å². The molecule has 1 aliphatic rings. The van der Waals surface area contributed by atoms with Crippen LogP contribution >= 0.6 is 0 Å². The second-order valence-electron chi connectivity index (χ2n) is 5.10. The van der Waals surface area contributed by atoms with Gasteiger partial charge in [-0.1, -0.05) is 6.42 Å². The van der Waals surface area contributed by atoms with Crippen LogP contribution in [0.15, 0.2) is 6.07 Å². The van der Waals surface area contributed by atoms with E-state index in [0.29, 0.717) is 6.04 Å². The molecule has 0 aromatic carbocycles. The Balaban J connectivity index is 2.06. The third kappa shape index (κ3) is 3.42. The largest absolute Gasteiger partial charge is 0.355 e. The van der Waals surface area contributed by atoms with Crippen molar-refractivity contribution in [2.45, 2.75) is 46.1 Å². The molecule has 0 bridgehead atoms. The predicted molar refractivity (Wildman–Crippen MR) is 75.0 cm³/mol. The third-order valence-electron chi connectivity index (χ3n) is 3.51. The summed E-state index contributed by atoms with van der Waals surface area (Å²) in [4.78, 5) is 11.3. The van der Waals surface area contributed by atoms with Gasteiger partial charge >= 0.3 is 0 Å². The van der Waals surface area contributed by atoms with Crippen molar-refractivity contribution < 1.29 is 0 Å². The summed E-state index contributed by atoms with van der Waals surface area (Å²) >= 11 is 0. The molecular formula is C14H24N4. The highest BCUT2D eigenvalue weighted by Gasteiger charge is 2.17. The Bertz CT molecular complexity index is 365. The first kappa shape index (κ1) is 13.3. The fraction of sp³-hybridized carbons (Fsp3) is 0.714. The van der Waals surface area contributed by atoms with Crippen LogP contribution in [0.5, 0.6) is 0 Å². The predicted octanol–water partition coefficient (Wildman–Crippen LogP) is 2.06. The summed E-state index contributed by atoms with van der Waals surface area (Å²) in [6.45, 7) is 9.38. The average Bonchev–Trinajstić information content (AvgIpc) is 2.36. The quantitative estimate of drug-likeness (QED) is 0.885. The van der Waals surface area contributed by atoms with Crippen molar-refractivity contribution in [1.82, 2.24) is 15.3 Å². The molecule has 1 unspecified atom stereocenters. The molecule has 0 spiro atoms. The van der Waals surface area contributed by atoms with E-state index in [9.17, 15) is 0 Å². The van der Waals surface area contributed by atoms with Crippen molar-refractivity contribution in [3.05, 3.63) is 17.6 Å². The molecule has 0 aliphatic carbocycles. The van der Waals surface area contributed by atoms with Gasteiger partial charge in [-0.25, -0.2) is 9.97 Å². The van der Waals surface area contributed by atoms with Crippen LogP contribution in [0.2, 0.25) is 0 Å². The molecular weight excluding hydrogens is 224 g/mol. The normalized spacial score (nSPS) is 19.8. The Kier molecular flexibility index (Phi) is 4.53. The Labute approximate surface area is 110 Å². The van der Waals surface area contributed by atoms with Crippen molar-refractivity contribution in [2.24, 2.45) is 0 Å². The molecule has 1 N–H and O–H groups in total. The summed E-state index contributed by atoms with van der Waals surface area (Å²) in [6.07, 6.45) is 3.94. The number of likely N-dealkylation sites (N-methyl/N-ethyl adjacent to an activating group) is 1. The second kappa shape index (κ2) is 6.14. The minimum absolute atomic E-state index is 0.606. The lowest BCUT2D eigenvalue weighted by atomic mass is 10.0. The number of hydrogen-bond donors (Lipinski definition) is 1. The Hall–Kier alpha value is -1.16. The molecule has 1 fully saturated rings. The number of nitrogens with zero attached hydrogens (tertiary/aromatic N) is 3. The Morgan fingerprint density at radius 2 is 2.17 bits per heavy atom. The highest BCUT2D eigenvalue weighted by atomic mass is 15.2. The molecule has 1 aliphatic heterocycles. The van der Waals surface area contributed by atoms with E-state index in [4.69, 9.17) is 0 Å². The van der Waals surface area contributed by atoms with E-state index in [0.717, 1.165) is 37.0 Å². The summed E-state index contributed by atoms with van der Waals surface area (Å²) < 4.78 is 0. The van der Waals surface area contributed by atoms with Crippen LogP contribution in [0.1, 0.15) is 37.7 Å². The first-order valence-electron chi connectivity index (χ1n) is 6.99. The van der Waals surface area contributed by atoms with Gasteiger partial charge in [0.1, 0.15) is 11.6 Å². The Morgan fingerprint density at radius 3 is 2.78 bits per heavy atom. The molecule has 4 nitrogen and oxygen atoms in total.